The average molecular weight is 364 g/mol. The summed E-state index contributed by atoms with van der Waals surface area (Å²) in [5, 5.41) is 7.29. The summed E-state index contributed by atoms with van der Waals surface area (Å²) in [5.41, 5.74) is 2.45. The van der Waals surface area contributed by atoms with Crippen LogP contribution >= 0.6 is 0 Å². The van der Waals surface area contributed by atoms with Gasteiger partial charge in [-0.15, -0.1) is 0 Å². The SMILES string of the molecule is CC(C)c1nccn1Cc1cc(C(=O)N(Cc2ccncc2)C2CC2)n[nH]1. The van der Waals surface area contributed by atoms with Gasteiger partial charge in [0, 0.05) is 43.3 Å². The Balaban J connectivity index is 1.49. The Labute approximate surface area is 158 Å². The second kappa shape index (κ2) is 7.34. The van der Waals surface area contributed by atoms with Crippen LogP contribution in [0.1, 0.15) is 60.2 Å². The Morgan fingerprint density at radius 2 is 2.07 bits per heavy atom. The molecule has 0 saturated heterocycles. The van der Waals surface area contributed by atoms with Gasteiger partial charge in [-0.05, 0) is 36.6 Å². The largest absolute Gasteiger partial charge is 0.330 e. The van der Waals surface area contributed by atoms with E-state index in [1.54, 1.807) is 18.6 Å². The third-order valence-electron chi connectivity index (χ3n) is 4.81. The van der Waals surface area contributed by atoms with E-state index < -0.39 is 0 Å². The van der Waals surface area contributed by atoms with E-state index >= 15 is 0 Å². The lowest BCUT2D eigenvalue weighted by Crippen LogP contribution is -2.32. The van der Waals surface area contributed by atoms with Crippen LogP contribution in [0.25, 0.3) is 0 Å². The molecule has 0 aliphatic heterocycles. The van der Waals surface area contributed by atoms with Crippen molar-refractivity contribution in [3.05, 3.63) is 65.8 Å². The van der Waals surface area contributed by atoms with E-state index in [1.165, 1.54) is 0 Å². The fourth-order valence-corrected chi connectivity index (χ4v) is 3.28. The first-order valence-corrected chi connectivity index (χ1v) is 9.37. The van der Waals surface area contributed by atoms with Crippen molar-refractivity contribution in [1.82, 2.24) is 29.6 Å². The van der Waals surface area contributed by atoms with Gasteiger partial charge in [0.05, 0.1) is 12.2 Å². The van der Waals surface area contributed by atoms with Crippen molar-refractivity contribution in [2.75, 3.05) is 0 Å². The molecule has 1 aliphatic carbocycles. The molecule has 1 N–H and O–H groups in total. The maximum absolute atomic E-state index is 13.0. The number of aromatic amines is 1. The smallest absolute Gasteiger partial charge is 0.274 e. The number of imidazole rings is 1. The molecule has 0 spiro atoms. The zero-order chi connectivity index (χ0) is 18.8. The van der Waals surface area contributed by atoms with E-state index in [-0.39, 0.29) is 5.91 Å². The van der Waals surface area contributed by atoms with Crippen LogP contribution in [0.2, 0.25) is 0 Å². The molecule has 0 radical (unpaired) electrons. The number of pyridine rings is 1. The molecular formula is C20H24N6O. The zero-order valence-electron chi connectivity index (χ0n) is 15.7. The number of carbonyl (C=O) groups excluding carboxylic acids is 1. The highest BCUT2D eigenvalue weighted by Crippen LogP contribution is 2.29. The number of nitrogens with zero attached hydrogens (tertiary/aromatic N) is 5. The molecule has 0 atom stereocenters. The van der Waals surface area contributed by atoms with Gasteiger partial charge >= 0.3 is 0 Å². The molecule has 1 amide bonds. The van der Waals surface area contributed by atoms with Crippen molar-refractivity contribution in [3.63, 3.8) is 0 Å². The van der Waals surface area contributed by atoms with E-state index in [9.17, 15) is 4.79 Å². The number of hydrogen-bond donors (Lipinski definition) is 1. The first-order valence-electron chi connectivity index (χ1n) is 9.37. The molecule has 7 nitrogen and oxygen atoms in total. The topological polar surface area (TPSA) is 79.7 Å². The molecule has 4 rings (SSSR count). The number of H-pyrrole nitrogens is 1. The summed E-state index contributed by atoms with van der Waals surface area (Å²) in [6.45, 7) is 5.45. The van der Waals surface area contributed by atoms with E-state index in [2.05, 4.69) is 38.6 Å². The van der Waals surface area contributed by atoms with Gasteiger partial charge in [-0.1, -0.05) is 13.8 Å². The minimum atomic E-state index is -0.0217. The van der Waals surface area contributed by atoms with Gasteiger partial charge in [0.2, 0.25) is 0 Å². The van der Waals surface area contributed by atoms with Crippen molar-refractivity contribution in [2.24, 2.45) is 0 Å². The van der Waals surface area contributed by atoms with Crippen molar-refractivity contribution in [3.8, 4) is 0 Å². The maximum atomic E-state index is 13.0. The van der Waals surface area contributed by atoms with Gasteiger partial charge in [-0.2, -0.15) is 5.10 Å². The highest BCUT2D eigenvalue weighted by Gasteiger charge is 2.34. The number of carbonyl (C=O) groups is 1. The third-order valence-corrected chi connectivity index (χ3v) is 4.81. The minimum absolute atomic E-state index is 0.0217. The molecule has 0 unspecified atom stereocenters. The highest BCUT2D eigenvalue weighted by molar-refractivity contribution is 5.92. The number of nitrogens with one attached hydrogen (secondary N) is 1. The molecule has 0 bridgehead atoms. The summed E-state index contributed by atoms with van der Waals surface area (Å²) in [5.74, 6) is 1.34. The van der Waals surface area contributed by atoms with Gasteiger partial charge in [0.15, 0.2) is 0 Å². The van der Waals surface area contributed by atoms with Gasteiger partial charge in [0.1, 0.15) is 11.5 Å². The minimum Gasteiger partial charge on any atom is -0.330 e. The van der Waals surface area contributed by atoms with Crippen molar-refractivity contribution in [2.45, 2.75) is 51.7 Å². The van der Waals surface area contributed by atoms with Crippen LogP contribution in [0.5, 0.6) is 0 Å². The zero-order valence-corrected chi connectivity index (χ0v) is 15.7. The standard InChI is InChI=1S/C20H24N6O/c1-14(2)19-22-9-10-25(19)13-16-11-18(24-23-16)20(27)26(17-3-4-17)12-15-5-7-21-8-6-15/h5-11,14,17H,3-4,12-13H2,1-2H3,(H,23,24). The lowest BCUT2D eigenvalue weighted by atomic mass is 10.2. The molecule has 27 heavy (non-hydrogen) atoms. The second-order valence-electron chi connectivity index (χ2n) is 7.37. The summed E-state index contributed by atoms with van der Waals surface area (Å²) in [6.07, 6.45) is 9.39. The lowest BCUT2D eigenvalue weighted by molar-refractivity contribution is 0.0724. The molecule has 3 aromatic rings. The van der Waals surface area contributed by atoms with Crippen molar-refractivity contribution in [1.29, 1.82) is 0 Å². The molecule has 7 heteroatoms. The highest BCUT2D eigenvalue weighted by atomic mass is 16.2. The lowest BCUT2D eigenvalue weighted by Gasteiger charge is -2.21. The van der Waals surface area contributed by atoms with E-state index in [0.717, 1.165) is 29.9 Å². The van der Waals surface area contributed by atoms with Crippen LogP contribution in [-0.4, -0.2) is 41.6 Å². The van der Waals surface area contributed by atoms with Crippen LogP contribution in [0.4, 0.5) is 0 Å². The van der Waals surface area contributed by atoms with E-state index in [0.29, 0.717) is 30.7 Å². The summed E-state index contributed by atoms with van der Waals surface area (Å²) < 4.78 is 2.09. The Hall–Kier alpha value is -2.96. The fraction of sp³-hybridized carbons (Fsp3) is 0.400. The number of amides is 1. The Kier molecular flexibility index (Phi) is 4.75. The average Bonchev–Trinajstić information content (AvgIpc) is 3.21. The first-order chi connectivity index (χ1) is 13.1. The van der Waals surface area contributed by atoms with Gasteiger partial charge in [-0.3, -0.25) is 14.9 Å². The van der Waals surface area contributed by atoms with Gasteiger partial charge in [0.25, 0.3) is 5.91 Å². The Morgan fingerprint density at radius 1 is 1.30 bits per heavy atom. The van der Waals surface area contributed by atoms with Crippen LogP contribution < -0.4 is 0 Å². The monoisotopic (exact) mass is 364 g/mol. The van der Waals surface area contributed by atoms with Crippen LogP contribution in [0.15, 0.2) is 43.0 Å². The molecule has 140 valence electrons. The maximum Gasteiger partial charge on any atom is 0.274 e. The number of rotatable bonds is 7. The van der Waals surface area contributed by atoms with Crippen molar-refractivity contribution < 1.29 is 4.79 Å². The second-order valence-corrected chi connectivity index (χ2v) is 7.37. The first kappa shape index (κ1) is 17.5. The molecule has 1 saturated carbocycles. The normalized spacial score (nSPS) is 13.9. The van der Waals surface area contributed by atoms with E-state index in [4.69, 9.17) is 0 Å². The molecule has 1 fully saturated rings. The fourth-order valence-electron chi connectivity index (χ4n) is 3.28. The van der Waals surface area contributed by atoms with Crippen LogP contribution in [-0.2, 0) is 13.1 Å². The molecule has 3 aromatic heterocycles. The van der Waals surface area contributed by atoms with Gasteiger partial charge in [-0.25, -0.2) is 4.98 Å². The molecule has 0 aromatic carbocycles. The predicted molar refractivity (Wildman–Crippen MR) is 101 cm³/mol. The predicted octanol–water partition coefficient (Wildman–Crippen LogP) is 2.98. The molecule has 1 aliphatic rings. The van der Waals surface area contributed by atoms with Crippen molar-refractivity contribution >= 4 is 5.91 Å². The quantitative estimate of drug-likeness (QED) is 0.699. The summed E-state index contributed by atoms with van der Waals surface area (Å²) in [7, 11) is 0. The summed E-state index contributed by atoms with van der Waals surface area (Å²) in [4.78, 5) is 23.4. The number of hydrogen-bond acceptors (Lipinski definition) is 4. The Bertz CT molecular complexity index is 909. The summed E-state index contributed by atoms with van der Waals surface area (Å²) in [6, 6.07) is 6.07. The third kappa shape index (κ3) is 3.92. The Morgan fingerprint density at radius 3 is 2.78 bits per heavy atom. The molecule has 3 heterocycles. The number of aromatic nitrogens is 5. The van der Waals surface area contributed by atoms with Crippen LogP contribution in [0, 0.1) is 0 Å². The van der Waals surface area contributed by atoms with Crippen LogP contribution in [0.3, 0.4) is 0 Å². The van der Waals surface area contributed by atoms with Gasteiger partial charge < -0.3 is 9.47 Å². The molecular weight excluding hydrogens is 340 g/mol. The summed E-state index contributed by atoms with van der Waals surface area (Å²) >= 11 is 0. The van der Waals surface area contributed by atoms with E-state index in [1.807, 2.05) is 29.3 Å².